The van der Waals surface area contributed by atoms with E-state index >= 15 is 0 Å². The Morgan fingerprint density at radius 2 is 1.77 bits per heavy atom. The number of imidazole rings is 1. The maximum absolute atomic E-state index is 14.0. The lowest BCUT2D eigenvalue weighted by Gasteiger charge is -2.18. The van der Waals surface area contributed by atoms with Gasteiger partial charge in [0.15, 0.2) is 34.7 Å². The summed E-state index contributed by atoms with van der Waals surface area (Å²) in [7, 11) is 0. The molecule has 4 aromatic rings. The molecule has 0 fully saturated rings. The Labute approximate surface area is 196 Å². The third-order valence-corrected chi connectivity index (χ3v) is 5.40. The quantitative estimate of drug-likeness (QED) is 0.298. The van der Waals surface area contributed by atoms with Crippen molar-refractivity contribution in [2.24, 2.45) is 5.73 Å². The number of carbonyl (C=O) groups excluding carboxylic acids is 1. The van der Waals surface area contributed by atoms with E-state index in [0.717, 1.165) is 18.2 Å². The van der Waals surface area contributed by atoms with Gasteiger partial charge in [-0.1, -0.05) is 6.07 Å². The second-order valence-electron chi connectivity index (χ2n) is 7.66. The highest BCUT2D eigenvalue weighted by Crippen LogP contribution is 2.25. The van der Waals surface area contributed by atoms with Gasteiger partial charge < -0.3 is 15.8 Å². The fraction of sp³-hybridized carbons (Fsp3) is 0.167. The monoisotopic (exact) mass is 490 g/mol. The number of hydrogen-bond donors (Lipinski definition) is 2. The molecule has 1 unspecified atom stereocenters. The van der Waals surface area contributed by atoms with E-state index in [1.807, 2.05) is 0 Å². The molecular weight excluding hydrogens is 471 g/mol. The molecule has 0 radical (unpaired) electrons. The van der Waals surface area contributed by atoms with E-state index in [4.69, 9.17) is 10.5 Å². The second-order valence-corrected chi connectivity index (χ2v) is 7.66. The van der Waals surface area contributed by atoms with Crippen molar-refractivity contribution in [3.63, 3.8) is 0 Å². The summed E-state index contributed by atoms with van der Waals surface area (Å²) in [6.07, 6.45) is 1.52. The molecule has 11 heteroatoms. The number of benzene rings is 2. The first-order chi connectivity index (χ1) is 16.7. The molecular formula is C24H19F5N4O2. The van der Waals surface area contributed by atoms with Crippen LogP contribution in [0.4, 0.5) is 22.0 Å². The Kier molecular flexibility index (Phi) is 6.70. The number of nitrogens with two attached hydrogens (primary N) is 1. The van der Waals surface area contributed by atoms with E-state index in [2.05, 4.69) is 10.3 Å². The number of amides is 1. The third kappa shape index (κ3) is 4.67. The lowest BCUT2D eigenvalue weighted by molar-refractivity contribution is 0.0931. The number of halogens is 5. The molecule has 0 saturated heterocycles. The van der Waals surface area contributed by atoms with Gasteiger partial charge in [-0.3, -0.25) is 9.20 Å². The molecule has 0 aliphatic rings. The lowest BCUT2D eigenvalue weighted by Crippen LogP contribution is -2.34. The Bertz CT molecular complexity index is 1420. The molecule has 1 amide bonds. The van der Waals surface area contributed by atoms with E-state index < -0.39 is 53.2 Å². The first-order valence-corrected chi connectivity index (χ1v) is 10.4. The molecule has 2 heterocycles. The fourth-order valence-corrected chi connectivity index (χ4v) is 3.63. The first kappa shape index (κ1) is 24.1. The van der Waals surface area contributed by atoms with E-state index in [-0.39, 0.29) is 29.2 Å². The molecule has 2 aromatic heterocycles. The van der Waals surface area contributed by atoms with Crippen LogP contribution in [0.2, 0.25) is 0 Å². The topological polar surface area (TPSA) is 81.7 Å². The van der Waals surface area contributed by atoms with E-state index in [1.54, 1.807) is 6.92 Å². The molecule has 2 aromatic carbocycles. The molecule has 182 valence electrons. The van der Waals surface area contributed by atoms with Crippen molar-refractivity contribution in [2.45, 2.75) is 19.6 Å². The van der Waals surface area contributed by atoms with Crippen molar-refractivity contribution in [3.8, 4) is 5.75 Å². The number of aromatic nitrogens is 2. The van der Waals surface area contributed by atoms with Gasteiger partial charge in [0.05, 0.1) is 17.3 Å². The lowest BCUT2D eigenvalue weighted by atomic mass is 10.1. The molecule has 0 aliphatic heterocycles. The molecule has 0 spiro atoms. The van der Waals surface area contributed by atoms with Crippen molar-refractivity contribution in [1.29, 1.82) is 0 Å². The van der Waals surface area contributed by atoms with Gasteiger partial charge in [0.1, 0.15) is 18.1 Å². The number of aryl methyl sites for hydroxylation is 1. The van der Waals surface area contributed by atoms with Crippen molar-refractivity contribution in [3.05, 3.63) is 100 Å². The van der Waals surface area contributed by atoms with Crippen LogP contribution in [0.5, 0.6) is 5.75 Å². The van der Waals surface area contributed by atoms with Gasteiger partial charge in [-0.25, -0.2) is 26.9 Å². The smallest absolute Gasteiger partial charge is 0.270 e. The summed E-state index contributed by atoms with van der Waals surface area (Å²) < 4.78 is 75.2. The van der Waals surface area contributed by atoms with Crippen molar-refractivity contribution in [2.75, 3.05) is 6.54 Å². The number of rotatable bonds is 7. The van der Waals surface area contributed by atoms with Crippen molar-refractivity contribution < 1.29 is 31.5 Å². The Morgan fingerprint density at radius 1 is 1.06 bits per heavy atom. The minimum Gasteiger partial charge on any atom is -0.485 e. The molecule has 4 rings (SSSR count). The largest absolute Gasteiger partial charge is 0.485 e. The van der Waals surface area contributed by atoms with Gasteiger partial charge in [0.2, 0.25) is 0 Å². The highest BCUT2D eigenvalue weighted by Gasteiger charge is 2.23. The van der Waals surface area contributed by atoms with Gasteiger partial charge in [0.25, 0.3) is 5.91 Å². The Morgan fingerprint density at radius 3 is 2.49 bits per heavy atom. The van der Waals surface area contributed by atoms with Gasteiger partial charge >= 0.3 is 0 Å². The van der Waals surface area contributed by atoms with Crippen LogP contribution in [0.3, 0.4) is 0 Å². The summed E-state index contributed by atoms with van der Waals surface area (Å²) in [5, 5.41) is 2.67. The Balaban J connectivity index is 1.62. The van der Waals surface area contributed by atoms with E-state index in [9.17, 15) is 26.7 Å². The SMILES string of the molecule is Cc1nc2c(OCc3c(F)ccc(F)c3F)cccn2c1C(=O)NC(CN)c1ccc(F)c(F)c1. The molecule has 3 N–H and O–H groups in total. The van der Waals surface area contributed by atoms with Crippen LogP contribution in [0, 0.1) is 36.0 Å². The summed E-state index contributed by atoms with van der Waals surface area (Å²) in [4.78, 5) is 17.4. The van der Waals surface area contributed by atoms with Crippen LogP contribution < -0.4 is 15.8 Å². The molecule has 0 bridgehead atoms. The van der Waals surface area contributed by atoms with Crippen LogP contribution in [0.1, 0.15) is 33.4 Å². The number of hydrogen-bond acceptors (Lipinski definition) is 4. The van der Waals surface area contributed by atoms with Gasteiger partial charge in [-0.15, -0.1) is 0 Å². The zero-order valence-electron chi connectivity index (χ0n) is 18.3. The molecule has 0 saturated carbocycles. The van der Waals surface area contributed by atoms with E-state index in [1.165, 1.54) is 28.8 Å². The molecule has 6 nitrogen and oxygen atoms in total. The van der Waals surface area contributed by atoms with Crippen LogP contribution >= 0.6 is 0 Å². The van der Waals surface area contributed by atoms with Gasteiger partial charge in [-0.05, 0) is 48.9 Å². The summed E-state index contributed by atoms with van der Waals surface area (Å²) in [5.41, 5.74) is 5.99. The molecule has 0 aliphatic carbocycles. The highest BCUT2D eigenvalue weighted by atomic mass is 19.2. The predicted molar refractivity (Wildman–Crippen MR) is 116 cm³/mol. The first-order valence-electron chi connectivity index (χ1n) is 10.4. The number of ether oxygens (including phenoxy) is 1. The summed E-state index contributed by atoms with van der Waals surface area (Å²) in [6.45, 7) is 0.853. The van der Waals surface area contributed by atoms with Crippen molar-refractivity contribution in [1.82, 2.24) is 14.7 Å². The van der Waals surface area contributed by atoms with Crippen molar-refractivity contribution >= 4 is 11.6 Å². The van der Waals surface area contributed by atoms with Crippen LogP contribution in [0.25, 0.3) is 5.65 Å². The average Bonchev–Trinajstić information content (AvgIpc) is 3.18. The maximum Gasteiger partial charge on any atom is 0.270 e. The van der Waals surface area contributed by atoms with E-state index in [0.29, 0.717) is 11.8 Å². The average molecular weight is 490 g/mol. The van der Waals surface area contributed by atoms with Gasteiger partial charge in [-0.2, -0.15) is 0 Å². The Hall–Kier alpha value is -3.99. The number of fused-ring (bicyclic) bond motifs is 1. The standard InChI is InChI=1S/C24H19F5N4O2/c1-12-22(24(34)32-19(10-30)13-4-5-16(26)18(28)9-13)33-8-2-3-20(23(33)31-12)35-11-14-15(25)6-7-17(27)21(14)29/h2-9,19H,10-11,30H2,1H3,(H,32,34). The van der Waals surface area contributed by atoms with Gasteiger partial charge in [0, 0.05) is 12.7 Å². The molecule has 35 heavy (non-hydrogen) atoms. The highest BCUT2D eigenvalue weighted by molar-refractivity contribution is 5.95. The zero-order valence-corrected chi connectivity index (χ0v) is 18.3. The number of nitrogens with zero attached hydrogens (tertiary/aromatic N) is 2. The maximum atomic E-state index is 14.0. The fourth-order valence-electron chi connectivity index (χ4n) is 3.63. The normalized spacial score (nSPS) is 12.1. The minimum atomic E-state index is -1.36. The van der Waals surface area contributed by atoms with Crippen LogP contribution in [0.15, 0.2) is 48.7 Å². The predicted octanol–water partition coefficient (Wildman–Crippen LogP) is 4.35. The summed E-state index contributed by atoms with van der Waals surface area (Å²) in [5.74, 6) is -6.16. The zero-order chi connectivity index (χ0) is 25.3. The van der Waals surface area contributed by atoms with Crippen LogP contribution in [-0.4, -0.2) is 21.8 Å². The second kappa shape index (κ2) is 9.71. The summed E-state index contributed by atoms with van der Waals surface area (Å²) in [6, 6.07) is 6.84. The van der Waals surface area contributed by atoms with Crippen LogP contribution in [-0.2, 0) is 6.61 Å². The number of pyridine rings is 1. The summed E-state index contributed by atoms with van der Waals surface area (Å²) >= 11 is 0. The number of nitrogens with one attached hydrogen (secondary N) is 1. The number of carbonyl (C=O) groups is 1. The third-order valence-electron chi connectivity index (χ3n) is 5.40. The minimum absolute atomic E-state index is 0.0914. The molecule has 1 atom stereocenters.